The fourth-order valence-corrected chi connectivity index (χ4v) is 3.42. The van der Waals surface area contributed by atoms with Crippen LogP contribution in [0.3, 0.4) is 0 Å². The first-order valence-electron chi connectivity index (χ1n) is 6.60. The Balaban J connectivity index is 3.02. The summed E-state index contributed by atoms with van der Waals surface area (Å²) < 4.78 is 31.8. The van der Waals surface area contributed by atoms with Crippen LogP contribution in [0.2, 0.25) is 0 Å². The SMILES string of the molecule is CCC(C)C(NS(=O)(=O)c1ccc(CBr)cc1)C(=O)OC. The van der Waals surface area contributed by atoms with Crippen LogP contribution in [0.25, 0.3) is 0 Å². The van der Waals surface area contributed by atoms with E-state index in [0.717, 1.165) is 5.56 Å². The molecule has 1 N–H and O–H groups in total. The van der Waals surface area contributed by atoms with Crippen molar-refractivity contribution in [2.45, 2.75) is 36.5 Å². The molecule has 1 aromatic carbocycles. The molecule has 0 spiro atoms. The molecule has 7 heteroatoms. The second-order valence-electron chi connectivity index (χ2n) is 4.79. The normalized spacial score (nSPS) is 14.5. The van der Waals surface area contributed by atoms with Gasteiger partial charge in [-0.05, 0) is 23.6 Å². The van der Waals surface area contributed by atoms with E-state index in [-0.39, 0.29) is 10.8 Å². The van der Waals surface area contributed by atoms with Crippen molar-refractivity contribution in [1.82, 2.24) is 4.72 Å². The monoisotopic (exact) mass is 377 g/mol. The van der Waals surface area contributed by atoms with Crippen LogP contribution in [0.4, 0.5) is 0 Å². The van der Waals surface area contributed by atoms with Crippen molar-refractivity contribution in [2.24, 2.45) is 5.92 Å². The van der Waals surface area contributed by atoms with Crippen molar-refractivity contribution in [3.05, 3.63) is 29.8 Å². The van der Waals surface area contributed by atoms with Gasteiger partial charge >= 0.3 is 5.97 Å². The Morgan fingerprint density at radius 1 is 1.33 bits per heavy atom. The highest BCUT2D eigenvalue weighted by Crippen LogP contribution is 2.16. The quantitative estimate of drug-likeness (QED) is 0.584. The second-order valence-corrected chi connectivity index (χ2v) is 7.06. The van der Waals surface area contributed by atoms with Gasteiger partial charge in [0.1, 0.15) is 6.04 Å². The molecule has 0 radical (unpaired) electrons. The smallest absolute Gasteiger partial charge is 0.324 e. The Bertz CT molecular complexity index is 571. The van der Waals surface area contributed by atoms with E-state index >= 15 is 0 Å². The summed E-state index contributed by atoms with van der Waals surface area (Å²) in [6.07, 6.45) is 0.658. The van der Waals surface area contributed by atoms with Crippen LogP contribution in [0.5, 0.6) is 0 Å². The number of carbonyl (C=O) groups excluding carboxylic acids is 1. The molecule has 2 atom stereocenters. The first-order chi connectivity index (χ1) is 9.85. The molecule has 1 aromatic rings. The van der Waals surface area contributed by atoms with Gasteiger partial charge in [0.2, 0.25) is 10.0 Å². The van der Waals surface area contributed by atoms with Gasteiger partial charge in [0.05, 0.1) is 12.0 Å². The van der Waals surface area contributed by atoms with Crippen LogP contribution in [0.1, 0.15) is 25.8 Å². The van der Waals surface area contributed by atoms with Crippen molar-refractivity contribution >= 4 is 31.9 Å². The molecule has 21 heavy (non-hydrogen) atoms. The summed E-state index contributed by atoms with van der Waals surface area (Å²) in [4.78, 5) is 11.9. The van der Waals surface area contributed by atoms with Crippen molar-refractivity contribution < 1.29 is 17.9 Å². The van der Waals surface area contributed by atoms with E-state index in [0.29, 0.717) is 11.8 Å². The maximum Gasteiger partial charge on any atom is 0.324 e. The number of ether oxygens (including phenoxy) is 1. The van der Waals surface area contributed by atoms with Gasteiger partial charge in [-0.15, -0.1) is 0 Å². The van der Waals surface area contributed by atoms with Crippen LogP contribution in [-0.2, 0) is 24.9 Å². The molecule has 0 aliphatic carbocycles. The summed E-state index contributed by atoms with van der Waals surface area (Å²) in [5, 5.41) is 0.651. The van der Waals surface area contributed by atoms with E-state index in [1.807, 2.05) is 6.92 Å². The first kappa shape index (κ1) is 18.1. The predicted molar refractivity (Wildman–Crippen MR) is 84.7 cm³/mol. The van der Waals surface area contributed by atoms with Crippen LogP contribution in [-0.4, -0.2) is 27.5 Å². The minimum atomic E-state index is -3.76. The maximum atomic E-state index is 12.4. The molecule has 0 bridgehead atoms. The summed E-state index contributed by atoms with van der Waals surface area (Å²) in [7, 11) is -2.51. The number of alkyl halides is 1. The lowest BCUT2D eigenvalue weighted by atomic mass is 10.0. The molecule has 0 saturated carbocycles. The number of sulfonamides is 1. The summed E-state index contributed by atoms with van der Waals surface area (Å²) in [6, 6.07) is 5.59. The molecule has 2 unspecified atom stereocenters. The van der Waals surface area contributed by atoms with Crippen LogP contribution in [0.15, 0.2) is 29.2 Å². The minimum absolute atomic E-state index is 0.129. The number of nitrogens with one attached hydrogen (secondary N) is 1. The lowest BCUT2D eigenvalue weighted by Gasteiger charge is -2.21. The molecule has 0 aliphatic heterocycles. The molecule has 0 aromatic heterocycles. The summed E-state index contributed by atoms with van der Waals surface area (Å²) >= 11 is 3.30. The number of carbonyl (C=O) groups is 1. The molecule has 0 aliphatic rings. The third kappa shape index (κ3) is 4.79. The van der Waals surface area contributed by atoms with Gasteiger partial charge in [-0.2, -0.15) is 4.72 Å². The number of hydrogen-bond donors (Lipinski definition) is 1. The van der Waals surface area contributed by atoms with Crippen molar-refractivity contribution in [3.8, 4) is 0 Å². The number of methoxy groups -OCH3 is 1. The summed E-state index contributed by atoms with van der Waals surface area (Å²) in [5.41, 5.74) is 0.973. The number of benzene rings is 1. The van der Waals surface area contributed by atoms with E-state index in [4.69, 9.17) is 0 Å². The molecular weight excluding hydrogens is 358 g/mol. The van der Waals surface area contributed by atoms with Crippen LogP contribution >= 0.6 is 15.9 Å². The Kier molecular flexibility index (Phi) is 6.83. The van der Waals surface area contributed by atoms with Gasteiger partial charge in [0.15, 0.2) is 0 Å². The number of hydrogen-bond acceptors (Lipinski definition) is 4. The van der Waals surface area contributed by atoms with Gasteiger partial charge in [-0.3, -0.25) is 4.79 Å². The molecule has 0 saturated heterocycles. The van der Waals surface area contributed by atoms with Crippen molar-refractivity contribution in [1.29, 1.82) is 0 Å². The van der Waals surface area contributed by atoms with Crippen LogP contribution < -0.4 is 4.72 Å². The maximum absolute atomic E-state index is 12.4. The Hall–Kier alpha value is -0.920. The fraction of sp³-hybridized carbons (Fsp3) is 0.500. The topological polar surface area (TPSA) is 72.5 Å². The van der Waals surface area contributed by atoms with Crippen molar-refractivity contribution in [2.75, 3.05) is 7.11 Å². The average Bonchev–Trinajstić information content (AvgIpc) is 2.51. The highest BCUT2D eigenvalue weighted by Gasteiger charge is 2.30. The summed E-state index contributed by atoms with van der Waals surface area (Å²) in [5.74, 6) is -0.737. The van der Waals surface area contributed by atoms with E-state index in [2.05, 4.69) is 25.4 Å². The fourth-order valence-electron chi connectivity index (χ4n) is 1.75. The average molecular weight is 378 g/mol. The molecule has 1 rings (SSSR count). The zero-order valence-corrected chi connectivity index (χ0v) is 14.7. The molecule has 0 amide bonds. The van der Waals surface area contributed by atoms with Gasteiger partial charge < -0.3 is 4.74 Å². The van der Waals surface area contributed by atoms with E-state index in [1.165, 1.54) is 19.2 Å². The molecular formula is C14H20BrNO4S. The largest absolute Gasteiger partial charge is 0.468 e. The first-order valence-corrected chi connectivity index (χ1v) is 9.21. The van der Waals surface area contributed by atoms with E-state index in [1.54, 1.807) is 19.1 Å². The predicted octanol–water partition coefficient (Wildman–Crippen LogP) is 2.45. The zero-order valence-electron chi connectivity index (χ0n) is 12.3. The van der Waals surface area contributed by atoms with Gasteiger partial charge in [0.25, 0.3) is 0 Å². The Labute approximate surface area is 134 Å². The molecule has 118 valence electrons. The Morgan fingerprint density at radius 3 is 2.33 bits per heavy atom. The zero-order chi connectivity index (χ0) is 16.0. The highest BCUT2D eigenvalue weighted by atomic mass is 79.9. The van der Waals surface area contributed by atoms with Crippen LogP contribution in [0, 0.1) is 5.92 Å². The third-order valence-electron chi connectivity index (χ3n) is 3.34. The lowest BCUT2D eigenvalue weighted by Crippen LogP contribution is -2.45. The van der Waals surface area contributed by atoms with E-state index < -0.39 is 22.0 Å². The minimum Gasteiger partial charge on any atom is -0.468 e. The lowest BCUT2D eigenvalue weighted by molar-refractivity contribution is -0.143. The number of halogens is 1. The third-order valence-corrected chi connectivity index (χ3v) is 5.44. The van der Waals surface area contributed by atoms with Gasteiger partial charge in [-0.25, -0.2) is 8.42 Å². The standard InChI is InChI=1S/C14H20BrNO4S/c1-4-10(2)13(14(17)20-3)16-21(18,19)12-7-5-11(9-15)6-8-12/h5-8,10,13,16H,4,9H2,1-3H3. The highest BCUT2D eigenvalue weighted by molar-refractivity contribution is 9.08. The van der Waals surface area contributed by atoms with Gasteiger partial charge in [0, 0.05) is 5.33 Å². The second kappa shape index (κ2) is 7.91. The number of esters is 1. The number of rotatable bonds is 7. The molecule has 0 fully saturated rings. The van der Waals surface area contributed by atoms with Crippen molar-refractivity contribution in [3.63, 3.8) is 0 Å². The summed E-state index contributed by atoms with van der Waals surface area (Å²) in [6.45, 7) is 3.69. The van der Waals surface area contributed by atoms with E-state index in [9.17, 15) is 13.2 Å². The molecule has 5 nitrogen and oxygen atoms in total. The van der Waals surface area contributed by atoms with Gasteiger partial charge in [-0.1, -0.05) is 48.3 Å². The molecule has 0 heterocycles. The Morgan fingerprint density at radius 2 is 1.90 bits per heavy atom.